The number of nitrogens with zero attached hydrogens (tertiary/aromatic N) is 2. The summed E-state index contributed by atoms with van der Waals surface area (Å²) in [6.07, 6.45) is 0. The fourth-order valence-electron chi connectivity index (χ4n) is 4.54. The molecule has 6 aromatic rings. The third-order valence-electron chi connectivity index (χ3n) is 6.63. The minimum atomic E-state index is -0.360. The number of anilines is 4. The van der Waals surface area contributed by atoms with Crippen LogP contribution in [-0.2, 0) is 0 Å². The molecular weight excluding hydrogens is 603 g/mol. The van der Waals surface area contributed by atoms with E-state index < -0.39 is 0 Å². The third-order valence-corrected chi connectivity index (χ3v) is 8.61. The molecule has 0 atom stereocenters. The van der Waals surface area contributed by atoms with Gasteiger partial charge in [-0.25, -0.2) is 9.97 Å². The molecule has 0 unspecified atom stereocenters. The molecule has 4 N–H and O–H groups in total. The number of carbonyl (C=O) groups is 1. The summed E-state index contributed by atoms with van der Waals surface area (Å²) in [6, 6.07) is 18.1. The number of nitrogens with two attached hydrogens (primary N) is 1. The minimum Gasteiger partial charge on any atom is -0.497 e. The molecule has 0 bridgehead atoms. The van der Waals surface area contributed by atoms with E-state index in [0.717, 1.165) is 26.5 Å². The van der Waals surface area contributed by atoms with Gasteiger partial charge in [0.1, 0.15) is 27.0 Å². The van der Waals surface area contributed by atoms with Gasteiger partial charge in [0, 0.05) is 39.8 Å². The predicted molar refractivity (Wildman–Crippen MR) is 173 cm³/mol. The van der Waals surface area contributed by atoms with E-state index in [-0.39, 0.29) is 11.7 Å². The molecule has 3 aromatic carbocycles. The van der Waals surface area contributed by atoms with Gasteiger partial charge < -0.3 is 39.7 Å². The first-order valence-electron chi connectivity index (χ1n) is 13.2. The van der Waals surface area contributed by atoms with Crippen LogP contribution in [0.2, 0.25) is 0 Å². The van der Waals surface area contributed by atoms with Crippen LogP contribution in [0.25, 0.3) is 32.1 Å². The molecule has 44 heavy (non-hydrogen) atoms. The highest BCUT2D eigenvalue weighted by Gasteiger charge is 2.19. The quantitative estimate of drug-likeness (QED) is 0.141. The first kappa shape index (κ1) is 28.8. The van der Waals surface area contributed by atoms with Crippen LogP contribution in [0, 0.1) is 0 Å². The van der Waals surface area contributed by atoms with E-state index in [9.17, 15) is 4.79 Å². The maximum atomic E-state index is 13.0. The number of fused-ring (bicyclic) bond motifs is 1. The number of rotatable bonds is 10. The maximum absolute atomic E-state index is 13.0. The molecule has 0 aliphatic heterocycles. The molecule has 3 aromatic heterocycles. The third kappa shape index (κ3) is 5.70. The number of carbonyl (C=O) groups excluding carboxylic acids is 1. The second kappa shape index (κ2) is 12.1. The van der Waals surface area contributed by atoms with Crippen molar-refractivity contribution in [2.75, 3.05) is 44.8 Å². The van der Waals surface area contributed by atoms with Crippen LogP contribution in [0.5, 0.6) is 23.0 Å². The Balaban J connectivity index is 1.19. The molecule has 224 valence electrons. The Morgan fingerprint density at radius 3 is 2.41 bits per heavy atom. The molecule has 0 radical (unpaired) electrons. The predicted octanol–water partition coefficient (Wildman–Crippen LogP) is 7.29. The molecule has 0 saturated carbocycles. The summed E-state index contributed by atoms with van der Waals surface area (Å²) >= 11 is 2.83. The van der Waals surface area contributed by atoms with Crippen LogP contribution < -0.4 is 35.3 Å². The van der Waals surface area contributed by atoms with E-state index >= 15 is 0 Å². The zero-order valence-corrected chi connectivity index (χ0v) is 25.7. The zero-order chi connectivity index (χ0) is 30.8. The van der Waals surface area contributed by atoms with Gasteiger partial charge in [-0.05, 0) is 36.4 Å². The van der Waals surface area contributed by atoms with Crippen molar-refractivity contribution in [2.24, 2.45) is 0 Å². The number of nitrogens with one attached hydrogen (secondary N) is 2. The van der Waals surface area contributed by atoms with Crippen molar-refractivity contribution in [3.8, 4) is 44.1 Å². The molecule has 3 heterocycles. The van der Waals surface area contributed by atoms with E-state index in [0.29, 0.717) is 50.9 Å². The number of thiazole rings is 2. The Labute approximate surface area is 260 Å². The first-order chi connectivity index (χ1) is 21.4. The second-order valence-electron chi connectivity index (χ2n) is 9.36. The summed E-state index contributed by atoms with van der Waals surface area (Å²) in [4.78, 5) is 23.0. The van der Waals surface area contributed by atoms with E-state index in [4.69, 9.17) is 34.1 Å². The number of benzene rings is 3. The highest BCUT2D eigenvalue weighted by molar-refractivity contribution is 7.23. The van der Waals surface area contributed by atoms with Crippen LogP contribution in [0.15, 0.2) is 70.5 Å². The van der Waals surface area contributed by atoms with Crippen molar-refractivity contribution in [1.82, 2.24) is 9.97 Å². The number of nitrogen functional groups attached to an aromatic ring is 1. The van der Waals surface area contributed by atoms with E-state index in [2.05, 4.69) is 15.6 Å². The van der Waals surface area contributed by atoms with Gasteiger partial charge >= 0.3 is 0 Å². The van der Waals surface area contributed by atoms with Crippen molar-refractivity contribution < 1.29 is 28.2 Å². The van der Waals surface area contributed by atoms with Gasteiger partial charge in [-0.15, -0.1) is 11.3 Å². The fourth-order valence-corrected chi connectivity index (χ4v) is 6.37. The SMILES string of the molecule is COc1ccc2oc(C(=O)Nc3cccc(-c4csc(-c5sc(Nc6cc(OC)c(OC)c(OC)c6)nc5N)n4)c3)cc2c1. The zero-order valence-electron chi connectivity index (χ0n) is 24.1. The van der Waals surface area contributed by atoms with Gasteiger partial charge in [-0.2, -0.15) is 0 Å². The highest BCUT2D eigenvalue weighted by atomic mass is 32.1. The average molecular weight is 630 g/mol. The minimum absolute atomic E-state index is 0.200. The molecule has 0 aliphatic rings. The normalized spacial score (nSPS) is 10.9. The lowest BCUT2D eigenvalue weighted by molar-refractivity contribution is 0.0998. The Hall–Kier alpha value is -5.27. The van der Waals surface area contributed by atoms with E-state index in [1.54, 1.807) is 58.8 Å². The Bertz CT molecular complexity index is 1960. The molecule has 0 spiro atoms. The largest absolute Gasteiger partial charge is 0.497 e. The molecule has 0 fully saturated rings. The van der Waals surface area contributed by atoms with Gasteiger partial charge in [-0.3, -0.25) is 4.79 Å². The molecular formula is C31H27N5O6S2. The maximum Gasteiger partial charge on any atom is 0.291 e. The summed E-state index contributed by atoms with van der Waals surface area (Å²) in [5, 5.41) is 10.2. The van der Waals surface area contributed by atoms with Crippen molar-refractivity contribution in [3.05, 3.63) is 71.8 Å². The number of amides is 1. The van der Waals surface area contributed by atoms with Gasteiger partial charge in [0.2, 0.25) is 5.75 Å². The van der Waals surface area contributed by atoms with E-state index in [1.165, 1.54) is 22.7 Å². The van der Waals surface area contributed by atoms with E-state index in [1.807, 2.05) is 35.7 Å². The van der Waals surface area contributed by atoms with Crippen molar-refractivity contribution in [2.45, 2.75) is 0 Å². The highest BCUT2D eigenvalue weighted by Crippen LogP contribution is 2.43. The summed E-state index contributed by atoms with van der Waals surface area (Å²) in [7, 11) is 6.26. The molecule has 11 nitrogen and oxygen atoms in total. The molecule has 0 saturated heterocycles. The number of hydrogen-bond donors (Lipinski definition) is 3. The summed E-state index contributed by atoms with van der Waals surface area (Å²) < 4.78 is 27.3. The van der Waals surface area contributed by atoms with Gasteiger partial charge in [0.15, 0.2) is 22.4 Å². The lowest BCUT2D eigenvalue weighted by atomic mass is 10.1. The summed E-state index contributed by atoms with van der Waals surface area (Å²) in [5.74, 6) is 2.41. The van der Waals surface area contributed by atoms with Crippen molar-refractivity contribution in [1.29, 1.82) is 0 Å². The van der Waals surface area contributed by atoms with Crippen LogP contribution in [0.3, 0.4) is 0 Å². The van der Waals surface area contributed by atoms with Gasteiger partial charge in [0.05, 0.1) is 34.1 Å². The Morgan fingerprint density at radius 1 is 0.886 bits per heavy atom. The Morgan fingerprint density at radius 2 is 1.68 bits per heavy atom. The fraction of sp³-hybridized carbons (Fsp3) is 0.129. The van der Waals surface area contributed by atoms with Crippen LogP contribution in [-0.4, -0.2) is 44.3 Å². The van der Waals surface area contributed by atoms with Crippen molar-refractivity contribution in [3.63, 3.8) is 0 Å². The van der Waals surface area contributed by atoms with Crippen LogP contribution >= 0.6 is 22.7 Å². The topological polar surface area (TPSA) is 143 Å². The number of aromatic nitrogens is 2. The Kier molecular flexibility index (Phi) is 7.96. The first-order valence-corrected chi connectivity index (χ1v) is 14.9. The number of furan rings is 1. The molecule has 1 amide bonds. The summed E-state index contributed by atoms with van der Waals surface area (Å²) in [6.45, 7) is 0. The van der Waals surface area contributed by atoms with Crippen molar-refractivity contribution >= 4 is 61.9 Å². The summed E-state index contributed by atoms with van der Waals surface area (Å²) in [5.41, 5.74) is 9.78. The average Bonchev–Trinajstić information content (AvgIpc) is 3.78. The molecule has 0 aliphatic carbocycles. The number of ether oxygens (including phenoxy) is 4. The van der Waals surface area contributed by atoms with Crippen LogP contribution in [0.4, 0.5) is 22.3 Å². The smallest absolute Gasteiger partial charge is 0.291 e. The molecule has 13 heteroatoms. The standard InChI is InChI=1S/C31H27N5O6S2/c1-38-20-8-9-22-17(11-20)12-25(42-22)29(37)33-18-7-5-6-16(10-18)21-15-43-30(35-21)27-28(32)36-31(44-27)34-19-13-23(39-2)26(41-4)24(14-19)40-3/h5-15H,32H2,1-4H3,(H,33,37)(H,34,36). The lowest BCUT2D eigenvalue weighted by Crippen LogP contribution is -2.10. The lowest BCUT2D eigenvalue weighted by Gasteiger charge is -2.14. The van der Waals surface area contributed by atoms with Gasteiger partial charge in [-0.1, -0.05) is 23.5 Å². The van der Waals surface area contributed by atoms with Crippen LogP contribution in [0.1, 0.15) is 10.6 Å². The van der Waals surface area contributed by atoms with Gasteiger partial charge in [0.25, 0.3) is 5.91 Å². The number of methoxy groups -OCH3 is 4. The molecule has 6 rings (SSSR count). The second-order valence-corrected chi connectivity index (χ2v) is 11.2. The monoisotopic (exact) mass is 629 g/mol. The number of hydrogen-bond acceptors (Lipinski definition) is 12.